The van der Waals surface area contributed by atoms with E-state index in [0.717, 1.165) is 29.8 Å². The SMILES string of the molecule is CCOC(=O)C1CCC(=O)C(Br)C1.CCOC(=O)C1CCC(=O)CC1.CCOC(=O)C1CCc2nc(N)sc2C1. The van der Waals surface area contributed by atoms with Crippen molar-refractivity contribution in [2.24, 2.45) is 17.8 Å². The Labute approximate surface area is 248 Å². The number of nitrogens with zero attached hydrogens (tertiary/aromatic N) is 1. The molecule has 1 heterocycles. The molecule has 0 aromatic carbocycles. The number of alkyl halides is 1. The fraction of sp³-hybridized carbons (Fsp3) is 0.714. The molecular weight excluding hydrogens is 604 g/mol. The third kappa shape index (κ3) is 10.9. The van der Waals surface area contributed by atoms with E-state index in [1.165, 1.54) is 11.3 Å². The van der Waals surface area contributed by atoms with Crippen LogP contribution in [-0.2, 0) is 51.0 Å². The molecule has 1 aromatic rings. The lowest BCUT2D eigenvalue weighted by molar-refractivity contribution is -0.150. The van der Waals surface area contributed by atoms with E-state index in [9.17, 15) is 24.0 Å². The Balaban J connectivity index is 0.000000212. The number of hydrogen-bond donors (Lipinski definition) is 1. The average Bonchev–Trinajstić information content (AvgIpc) is 3.31. The second-order valence-electron chi connectivity index (χ2n) is 9.84. The number of thiazole rings is 1. The van der Waals surface area contributed by atoms with Crippen LogP contribution in [0.1, 0.15) is 82.7 Å². The van der Waals surface area contributed by atoms with Crippen molar-refractivity contribution in [1.82, 2.24) is 4.98 Å². The van der Waals surface area contributed by atoms with Gasteiger partial charge in [0.05, 0.1) is 48.1 Å². The minimum absolute atomic E-state index is 0.00250. The molecule has 3 aliphatic rings. The van der Waals surface area contributed by atoms with Gasteiger partial charge in [-0.1, -0.05) is 15.9 Å². The first-order chi connectivity index (χ1) is 19.1. The number of aryl methyl sites for hydroxylation is 1. The lowest BCUT2D eigenvalue weighted by Gasteiger charge is -2.22. The van der Waals surface area contributed by atoms with Crippen molar-refractivity contribution in [3.63, 3.8) is 0 Å². The van der Waals surface area contributed by atoms with E-state index in [2.05, 4.69) is 20.9 Å². The number of esters is 3. The molecule has 2 saturated carbocycles. The standard InChI is InChI=1S/C10H14N2O2S.C9H13BrO3.C9H14O3/c1-2-14-9(13)6-3-4-7-8(5-6)15-10(11)12-7;1-2-13-9(12)6-3-4-8(11)7(10)5-6;1-2-12-9(11)7-3-5-8(10)6-4-7/h6H,2-5H2,1H3,(H2,11,12);6-7H,2-5H2,1H3;7H,2-6H2,1H3. The van der Waals surface area contributed by atoms with Gasteiger partial charge in [0, 0.05) is 24.1 Å². The summed E-state index contributed by atoms with van der Waals surface area (Å²) in [5, 5.41) is 0.601. The summed E-state index contributed by atoms with van der Waals surface area (Å²) in [7, 11) is 0. The van der Waals surface area contributed by atoms with Gasteiger partial charge in [-0.3, -0.25) is 24.0 Å². The van der Waals surface area contributed by atoms with Gasteiger partial charge in [0.1, 0.15) is 11.6 Å². The van der Waals surface area contributed by atoms with Crippen molar-refractivity contribution in [2.45, 2.75) is 89.8 Å². The number of anilines is 1. The monoisotopic (exact) mass is 644 g/mol. The summed E-state index contributed by atoms with van der Waals surface area (Å²) in [4.78, 5) is 61.2. The molecule has 3 aliphatic carbocycles. The number of Topliss-reactive ketones (excluding diaryl/α,β-unsaturated/α-hetero) is 2. The van der Waals surface area contributed by atoms with Gasteiger partial charge in [0.2, 0.25) is 0 Å². The summed E-state index contributed by atoms with van der Waals surface area (Å²) >= 11 is 4.74. The average molecular weight is 646 g/mol. The van der Waals surface area contributed by atoms with Crippen molar-refractivity contribution in [3.05, 3.63) is 10.6 Å². The van der Waals surface area contributed by atoms with Gasteiger partial charge < -0.3 is 19.9 Å². The molecule has 0 radical (unpaired) electrons. The molecule has 12 heteroatoms. The minimum atomic E-state index is -0.167. The van der Waals surface area contributed by atoms with Crippen molar-refractivity contribution in [2.75, 3.05) is 25.6 Å². The quantitative estimate of drug-likeness (QED) is 0.268. The summed E-state index contributed by atoms with van der Waals surface area (Å²) in [6, 6.07) is 0. The highest BCUT2D eigenvalue weighted by Gasteiger charge is 2.32. The first kappa shape index (κ1) is 33.9. The lowest BCUT2D eigenvalue weighted by Crippen LogP contribution is -2.30. The minimum Gasteiger partial charge on any atom is -0.466 e. The number of fused-ring (bicyclic) bond motifs is 1. The molecule has 0 amide bonds. The van der Waals surface area contributed by atoms with Crippen molar-refractivity contribution >= 4 is 61.9 Å². The van der Waals surface area contributed by atoms with Gasteiger partial charge in [-0.2, -0.15) is 0 Å². The summed E-state index contributed by atoms with van der Waals surface area (Å²) in [6.45, 7) is 6.72. The number of halogens is 1. The van der Waals surface area contributed by atoms with E-state index in [1.54, 1.807) is 13.8 Å². The fourth-order valence-corrected chi connectivity index (χ4v) is 6.38. The summed E-state index contributed by atoms with van der Waals surface area (Å²) in [5.41, 5.74) is 6.70. The van der Waals surface area contributed by atoms with Crippen LogP contribution >= 0.6 is 27.3 Å². The predicted molar refractivity (Wildman–Crippen MR) is 154 cm³/mol. The van der Waals surface area contributed by atoms with Crippen LogP contribution in [0.25, 0.3) is 0 Å². The second-order valence-corrected chi connectivity index (χ2v) is 12.1. The fourth-order valence-electron chi connectivity index (χ4n) is 4.74. The Kier molecular flexibility index (Phi) is 14.8. The number of ether oxygens (including phenoxy) is 3. The van der Waals surface area contributed by atoms with Gasteiger partial charge in [-0.25, -0.2) is 4.98 Å². The van der Waals surface area contributed by atoms with Gasteiger partial charge in [0.25, 0.3) is 0 Å². The zero-order valence-corrected chi connectivity index (χ0v) is 26.0. The van der Waals surface area contributed by atoms with Crippen LogP contribution in [0.5, 0.6) is 0 Å². The number of carbonyl (C=O) groups excluding carboxylic acids is 5. The third-order valence-corrected chi connectivity index (χ3v) is 8.77. The lowest BCUT2D eigenvalue weighted by atomic mass is 9.88. The topological polar surface area (TPSA) is 152 Å². The van der Waals surface area contributed by atoms with E-state index < -0.39 is 0 Å². The van der Waals surface area contributed by atoms with Crippen LogP contribution in [0.3, 0.4) is 0 Å². The van der Waals surface area contributed by atoms with Crippen molar-refractivity contribution in [3.8, 4) is 0 Å². The molecule has 2 fully saturated rings. The largest absolute Gasteiger partial charge is 0.466 e. The molecule has 0 saturated heterocycles. The Bertz CT molecular complexity index is 1020. The van der Waals surface area contributed by atoms with Crippen molar-refractivity contribution in [1.29, 1.82) is 0 Å². The smallest absolute Gasteiger partial charge is 0.309 e. The number of nitrogens with two attached hydrogens (primary N) is 1. The maximum absolute atomic E-state index is 11.5. The van der Waals surface area contributed by atoms with Crippen LogP contribution < -0.4 is 5.73 Å². The Morgan fingerprint density at radius 2 is 1.32 bits per heavy atom. The Morgan fingerprint density at radius 1 is 0.825 bits per heavy atom. The molecule has 1 aromatic heterocycles. The summed E-state index contributed by atoms with van der Waals surface area (Å²) in [6.07, 6.45) is 6.56. The first-order valence-corrected chi connectivity index (χ1v) is 15.7. The van der Waals surface area contributed by atoms with E-state index >= 15 is 0 Å². The molecule has 4 rings (SSSR count). The van der Waals surface area contributed by atoms with Gasteiger partial charge in [0.15, 0.2) is 5.13 Å². The van der Waals surface area contributed by atoms with E-state index in [1.807, 2.05) is 6.92 Å². The number of nitrogen functional groups attached to an aromatic ring is 1. The molecule has 3 unspecified atom stereocenters. The first-order valence-electron chi connectivity index (χ1n) is 14.0. The maximum atomic E-state index is 11.5. The molecule has 0 aliphatic heterocycles. The molecular formula is C28H41BrN2O8S. The number of hydrogen-bond acceptors (Lipinski definition) is 11. The van der Waals surface area contributed by atoms with Gasteiger partial charge >= 0.3 is 17.9 Å². The van der Waals surface area contributed by atoms with E-state index in [0.29, 0.717) is 69.9 Å². The maximum Gasteiger partial charge on any atom is 0.309 e. The predicted octanol–water partition coefficient (Wildman–Crippen LogP) is 4.38. The summed E-state index contributed by atoms with van der Waals surface area (Å²) in [5.74, 6) is -0.0438. The number of carbonyl (C=O) groups is 5. The van der Waals surface area contributed by atoms with Crippen LogP contribution in [-0.4, -0.2) is 59.1 Å². The highest BCUT2D eigenvalue weighted by atomic mass is 79.9. The molecule has 2 N–H and O–H groups in total. The molecule has 40 heavy (non-hydrogen) atoms. The molecule has 10 nitrogen and oxygen atoms in total. The van der Waals surface area contributed by atoms with Crippen molar-refractivity contribution < 1.29 is 38.2 Å². The van der Waals surface area contributed by atoms with Crippen LogP contribution in [0, 0.1) is 17.8 Å². The molecule has 0 bridgehead atoms. The highest BCUT2D eigenvalue weighted by molar-refractivity contribution is 9.10. The zero-order chi connectivity index (χ0) is 29.7. The Morgan fingerprint density at radius 3 is 1.88 bits per heavy atom. The van der Waals surface area contributed by atoms with Crippen LogP contribution in [0.4, 0.5) is 5.13 Å². The van der Waals surface area contributed by atoms with Crippen LogP contribution in [0.15, 0.2) is 0 Å². The third-order valence-electron chi connectivity index (χ3n) is 6.94. The highest BCUT2D eigenvalue weighted by Crippen LogP contribution is 2.31. The van der Waals surface area contributed by atoms with E-state index in [4.69, 9.17) is 19.9 Å². The molecule has 0 spiro atoms. The number of rotatable bonds is 6. The number of aromatic nitrogens is 1. The van der Waals surface area contributed by atoms with Gasteiger partial charge in [-0.15, -0.1) is 11.3 Å². The second kappa shape index (κ2) is 17.5. The van der Waals surface area contributed by atoms with E-state index in [-0.39, 0.29) is 52.1 Å². The number of ketones is 2. The van der Waals surface area contributed by atoms with Gasteiger partial charge in [-0.05, 0) is 65.7 Å². The molecule has 224 valence electrons. The molecule has 3 atom stereocenters. The van der Waals surface area contributed by atoms with Crippen LogP contribution in [0.2, 0.25) is 0 Å². The normalized spacial score (nSPS) is 22.4. The Hall–Kier alpha value is -2.34. The summed E-state index contributed by atoms with van der Waals surface area (Å²) < 4.78 is 14.8. The zero-order valence-electron chi connectivity index (χ0n) is 23.6.